The highest BCUT2D eigenvalue weighted by molar-refractivity contribution is 7.17. The molecule has 6 nitrogen and oxygen atoms in total. The van der Waals surface area contributed by atoms with E-state index in [9.17, 15) is 4.39 Å². The van der Waals surface area contributed by atoms with Gasteiger partial charge in [-0.3, -0.25) is 0 Å². The van der Waals surface area contributed by atoms with E-state index in [4.69, 9.17) is 9.72 Å². The second kappa shape index (κ2) is 5.75. The second-order valence-corrected chi connectivity index (χ2v) is 6.69. The molecule has 4 heterocycles. The lowest BCUT2D eigenvalue weighted by atomic mass is 10.1. The third-order valence-corrected chi connectivity index (χ3v) is 5.20. The molecule has 0 bridgehead atoms. The molecule has 3 aromatic heterocycles. The first kappa shape index (κ1) is 14.7. The van der Waals surface area contributed by atoms with E-state index in [0.29, 0.717) is 30.2 Å². The van der Waals surface area contributed by atoms with Crippen molar-refractivity contribution in [3.05, 3.63) is 35.7 Å². The lowest BCUT2D eigenvalue weighted by Crippen LogP contribution is -2.36. The lowest BCUT2D eigenvalue weighted by molar-refractivity contribution is 0.122. The van der Waals surface area contributed by atoms with Crippen LogP contribution in [0.3, 0.4) is 0 Å². The quantitative estimate of drug-likeness (QED) is 0.598. The lowest BCUT2D eigenvalue weighted by Gasteiger charge is -2.28. The Morgan fingerprint density at radius 1 is 1.16 bits per heavy atom. The number of rotatable bonds is 2. The van der Waals surface area contributed by atoms with Crippen molar-refractivity contribution in [2.75, 3.05) is 31.2 Å². The Bertz CT molecular complexity index is 1070. The van der Waals surface area contributed by atoms with Gasteiger partial charge in [-0.25, -0.2) is 19.3 Å². The Balaban J connectivity index is 1.76. The van der Waals surface area contributed by atoms with E-state index >= 15 is 0 Å². The summed E-state index contributed by atoms with van der Waals surface area (Å²) in [6, 6.07) is 5.01. The number of nitrogens with zero attached hydrogens (tertiary/aromatic N) is 4. The van der Waals surface area contributed by atoms with Gasteiger partial charge in [0.05, 0.1) is 24.3 Å². The molecule has 4 aromatic rings. The summed E-state index contributed by atoms with van der Waals surface area (Å²) in [4.78, 5) is 18.9. The van der Waals surface area contributed by atoms with Crippen molar-refractivity contribution < 1.29 is 9.13 Å². The minimum absolute atomic E-state index is 0.338. The Kier molecular flexibility index (Phi) is 3.39. The van der Waals surface area contributed by atoms with Crippen LogP contribution in [0, 0.1) is 5.82 Å². The number of aromatic nitrogens is 4. The fraction of sp³-hybridized carbons (Fsp3) is 0.235. The summed E-state index contributed by atoms with van der Waals surface area (Å²) in [5.41, 5.74) is 3.61. The minimum Gasteiger partial charge on any atom is -0.378 e. The van der Waals surface area contributed by atoms with Crippen molar-refractivity contribution in [3.63, 3.8) is 0 Å². The molecule has 1 aromatic carbocycles. The topological polar surface area (TPSA) is 66.9 Å². The summed E-state index contributed by atoms with van der Waals surface area (Å²) in [7, 11) is 0. The molecule has 0 aliphatic carbocycles. The zero-order valence-electron chi connectivity index (χ0n) is 13.2. The standard InChI is InChI=1S/C17H14FN5OS/c18-11-1-2-12-10(3-4-19-12)13(11)15-21-16-14(25-9-20-16)17(22-15)23-5-7-24-8-6-23/h1-4,9,19H,5-8H2. The van der Waals surface area contributed by atoms with Gasteiger partial charge in [0.15, 0.2) is 17.3 Å². The van der Waals surface area contributed by atoms with Gasteiger partial charge in [-0.2, -0.15) is 0 Å². The van der Waals surface area contributed by atoms with Crippen LogP contribution in [-0.2, 0) is 4.74 Å². The molecular weight excluding hydrogens is 341 g/mol. The van der Waals surface area contributed by atoms with E-state index in [1.165, 1.54) is 17.4 Å². The van der Waals surface area contributed by atoms with E-state index in [0.717, 1.165) is 34.5 Å². The van der Waals surface area contributed by atoms with Crippen molar-refractivity contribution in [1.29, 1.82) is 0 Å². The van der Waals surface area contributed by atoms with Gasteiger partial charge in [-0.05, 0) is 18.2 Å². The molecule has 1 fully saturated rings. The van der Waals surface area contributed by atoms with Crippen molar-refractivity contribution in [3.8, 4) is 11.4 Å². The van der Waals surface area contributed by atoms with Crippen molar-refractivity contribution in [2.24, 2.45) is 0 Å². The van der Waals surface area contributed by atoms with Crippen LogP contribution in [0.25, 0.3) is 32.6 Å². The average Bonchev–Trinajstić information content (AvgIpc) is 3.30. The first-order chi connectivity index (χ1) is 12.3. The van der Waals surface area contributed by atoms with Crippen LogP contribution < -0.4 is 4.90 Å². The van der Waals surface area contributed by atoms with Crippen LogP contribution in [-0.4, -0.2) is 46.2 Å². The van der Waals surface area contributed by atoms with Gasteiger partial charge in [0.1, 0.15) is 10.5 Å². The molecule has 0 atom stereocenters. The van der Waals surface area contributed by atoms with Crippen molar-refractivity contribution >= 4 is 38.4 Å². The molecule has 0 spiro atoms. The van der Waals surface area contributed by atoms with Crippen molar-refractivity contribution in [2.45, 2.75) is 0 Å². The maximum Gasteiger partial charge on any atom is 0.176 e. The number of thiazole rings is 1. The van der Waals surface area contributed by atoms with Gasteiger partial charge in [0.2, 0.25) is 0 Å². The minimum atomic E-state index is -0.338. The molecule has 0 amide bonds. The number of hydrogen-bond acceptors (Lipinski definition) is 6. The van der Waals surface area contributed by atoms with Crippen molar-refractivity contribution in [1.82, 2.24) is 19.9 Å². The van der Waals surface area contributed by atoms with E-state index in [2.05, 4.69) is 19.9 Å². The Hall–Kier alpha value is -2.58. The highest BCUT2D eigenvalue weighted by atomic mass is 32.1. The molecule has 0 radical (unpaired) electrons. The van der Waals surface area contributed by atoms with Crippen LogP contribution in [0.2, 0.25) is 0 Å². The summed E-state index contributed by atoms with van der Waals surface area (Å²) >= 11 is 1.50. The molecule has 25 heavy (non-hydrogen) atoms. The summed E-state index contributed by atoms with van der Waals surface area (Å²) in [6.07, 6.45) is 1.79. The largest absolute Gasteiger partial charge is 0.378 e. The Morgan fingerprint density at radius 2 is 2.04 bits per heavy atom. The number of anilines is 1. The van der Waals surface area contributed by atoms with Gasteiger partial charge >= 0.3 is 0 Å². The van der Waals surface area contributed by atoms with Crippen LogP contribution in [0.15, 0.2) is 29.9 Å². The molecule has 1 saturated heterocycles. The van der Waals surface area contributed by atoms with E-state index in [-0.39, 0.29) is 5.82 Å². The number of aromatic amines is 1. The third kappa shape index (κ3) is 2.37. The predicted molar refractivity (Wildman–Crippen MR) is 95.5 cm³/mol. The summed E-state index contributed by atoms with van der Waals surface area (Å²) in [5, 5.41) is 0.766. The Labute approximate surface area is 146 Å². The molecule has 0 saturated carbocycles. The molecule has 0 unspecified atom stereocenters. The van der Waals surface area contributed by atoms with Crippen LogP contribution >= 0.6 is 11.3 Å². The van der Waals surface area contributed by atoms with E-state index < -0.39 is 0 Å². The van der Waals surface area contributed by atoms with E-state index in [1.54, 1.807) is 17.8 Å². The van der Waals surface area contributed by atoms with Gasteiger partial charge in [0.25, 0.3) is 0 Å². The number of morpholine rings is 1. The number of benzene rings is 1. The fourth-order valence-electron chi connectivity index (χ4n) is 3.18. The summed E-state index contributed by atoms with van der Waals surface area (Å²) in [5.74, 6) is 0.829. The van der Waals surface area contributed by atoms with E-state index in [1.807, 2.05) is 6.07 Å². The molecule has 8 heteroatoms. The second-order valence-electron chi connectivity index (χ2n) is 5.84. The zero-order valence-corrected chi connectivity index (χ0v) is 14.0. The first-order valence-electron chi connectivity index (χ1n) is 8.01. The summed E-state index contributed by atoms with van der Waals surface area (Å²) in [6.45, 7) is 2.81. The molecule has 1 aliphatic heterocycles. The number of hydrogen-bond donors (Lipinski definition) is 1. The maximum atomic E-state index is 14.6. The fourth-order valence-corrected chi connectivity index (χ4v) is 3.93. The number of halogens is 1. The normalized spacial score (nSPS) is 15.3. The summed E-state index contributed by atoms with van der Waals surface area (Å²) < 4.78 is 21.0. The monoisotopic (exact) mass is 355 g/mol. The molecular formula is C17H14FN5OS. The van der Waals surface area contributed by atoms with Gasteiger partial charge in [0, 0.05) is 30.2 Å². The predicted octanol–water partition coefficient (Wildman–Crippen LogP) is 3.21. The number of fused-ring (bicyclic) bond motifs is 2. The molecule has 1 aliphatic rings. The highest BCUT2D eigenvalue weighted by Gasteiger charge is 2.21. The van der Waals surface area contributed by atoms with Crippen LogP contribution in [0.1, 0.15) is 0 Å². The molecule has 5 rings (SSSR count). The number of nitrogens with one attached hydrogen (secondary N) is 1. The Morgan fingerprint density at radius 3 is 2.92 bits per heavy atom. The first-order valence-corrected chi connectivity index (χ1v) is 8.89. The van der Waals surface area contributed by atoms with Gasteiger partial charge < -0.3 is 14.6 Å². The molecule has 1 N–H and O–H groups in total. The zero-order chi connectivity index (χ0) is 16.8. The van der Waals surface area contributed by atoms with Gasteiger partial charge in [-0.15, -0.1) is 11.3 Å². The third-order valence-electron chi connectivity index (χ3n) is 4.39. The van der Waals surface area contributed by atoms with Gasteiger partial charge in [-0.1, -0.05) is 0 Å². The average molecular weight is 355 g/mol. The highest BCUT2D eigenvalue weighted by Crippen LogP contribution is 2.34. The smallest absolute Gasteiger partial charge is 0.176 e. The van der Waals surface area contributed by atoms with Crippen LogP contribution in [0.5, 0.6) is 0 Å². The number of ether oxygens (including phenoxy) is 1. The SMILES string of the molecule is Fc1ccc2[nH]ccc2c1-c1nc(N2CCOCC2)c2scnc2n1. The molecule has 126 valence electrons. The number of H-pyrrole nitrogens is 1. The van der Waals surface area contributed by atoms with Crippen LogP contribution in [0.4, 0.5) is 10.2 Å². The maximum absolute atomic E-state index is 14.6.